The van der Waals surface area contributed by atoms with E-state index in [9.17, 15) is 14.4 Å². The molecule has 0 radical (unpaired) electrons. The maximum Gasteiger partial charge on any atom is 0.323 e. The number of carbonyl (C=O) groups excluding carboxylic acids is 2. The highest BCUT2D eigenvalue weighted by molar-refractivity contribution is 6.03. The monoisotopic (exact) mass is 294 g/mol. The van der Waals surface area contributed by atoms with Gasteiger partial charge in [0.25, 0.3) is 5.91 Å². The third-order valence-corrected chi connectivity index (χ3v) is 3.40. The minimum Gasteiger partial charge on any atom is -0.480 e. The molecule has 0 saturated carbocycles. The molecule has 0 aromatic carbocycles. The number of aryl methyl sites for hydroxylation is 1. The van der Waals surface area contributed by atoms with Crippen molar-refractivity contribution in [2.24, 2.45) is 0 Å². The summed E-state index contributed by atoms with van der Waals surface area (Å²) in [4.78, 5) is 39.5. The van der Waals surface area contributed by atoms with Crippen molar-refractivity contribution in [2.75, 3.05) is 6.54 Å². The fourth-order valence-electron chi connectivity index (χ4n) is 2.47. The normalized spacial score (nSPS) is 10.8. The first kappa shape index (κ1) is 16.9. The number of amides is 1. The van der Waals surface area contributed by atoms with E-state index in [1.807, 2.05) is 6.92 Å². The maximum atomic E-state index is 12.6. The fraction of sp³-hybridized carbons (Fsp3) is 0.533. The number of rotatable bonds is 6. The van der Waals surface area contributed by atoms with Crippen LogP contribution in [0, 0.1) is 6.92 Å². The Hall–Kier alpha value is -2.11. The van der Waals surface area contributed by atoms with Gasteiger partial charge in [-0.05, 0) is 39.7 Å². The number of aromatic nitrogens is 1. The van der Waals surface area contributed by atoms with Crippen LogP contribution in [0.2, 0.25) is 0 Å². The molecule has 6 nitrogen and oxygen atoms in total. The predicted octanol–water partition coefficient (Wildman–Crippen LogP) is 2.02. The van der Waals surface area contributed by atoms with E-state index in [1.54, 1.807) is 20.8 Å². The Morgan fingerprint density at radius 3 is 2.24 bits per heavy atom. The topological polar surface area (TPSA) is 90.5 Å². The average Bonchev–Trinajstić information content (AvgIpc) is 2.71. The zero-order valence-corrected chi connectivity index (χ0v) is 13.1. The number of carbonyl (C=O) groups is 3. The van der Waals surface area contributed by atoms with Gasteiger partial charge in [-0.25, -0.2) is 0 Å². The molecule has 1 aromatic heterocycles. The minimum absolute atomic E-state index is 0.103. The smallest absolute Gasteiger partial charge is 0.323 e. The summed E-state index contributed by atoms with van der Waals surface area (Å²) in [6, 6.07) is -0.248. The van der Waals surface area contributed by atoms with Gasteiger partial charge in [0.15, 0.2) is 5.78 Å². The molecular formula is C15H22N2O4. The van der Waals surface area contributed by atoms with Crippen molar-refractivity contribution in [3.8, 4) is 0 Å². The summed E-state index contributed by atoms with van der Waals surface area (Å²) in [5.41, 5.74) is 2.14. The predicted molar refractivity (Wildman–Crippen MR) is 78.7 cm³/mol. The van der Waals surface area contributed by atoms with Crippen LogP contribution >= 0.6 is 0 Å². The highest BCUT2D eigenvalue weighted by Crippen LogP contribution is 2.22. The van der Waals surface area contributed by atoms with Crippen LogP contribution in [-0.4, -0.2) is 45.2 Å². The van der Waals surface area contributed by atoms with Crippen LogP contribution in [0.3, 0.4) is 0 Å². The van der Waals surface area contributed by atoms with Crippen LogP contribution < -0.4 is 0 Å². The number of nitrogens with zero attached hydrogens (tertiary/aromatic N) is 1. The second-order valence-electron chi connectivity index (χ2n) is 5.31. The number of carboxylic acids is 1. The van der Waals surface area contributed by atoms with Gasteiger partial charge in [0.05, 0.1) is 0 Å². The molecule has 1 amide bonds. The summed E-state index contributed by atoms with van der Waals surface area (Å²) in [7, 11) is 0. The number of ketones is 1. The zero-order chi connectivity index (χ0) is 16.3. The molecule has 6 heteroatoms. The van der Waals surface area contributed by atoms with Crippen molar-refractivity contribution in [3.63, 3.8) is 0 Å². The molecule has 0 saturated heterocycles. The molecule has 0 bridgehead atoms. The molecule has 116 valence electrons. The first-order chi connectivity index (χ1) is 9.70. The lowest BCUT2D eigenvalue weighted by Gasteiger charge is -2.24. The quantitative estimate of drug-likeness (QED) is 0.785. The fourth-order valence-corrected chi connectivity index (χ4v) is 2.47. The van der Waals surface area contributed by atoms with E-state index in [-0.39, 0.29) is 24.3 Å². The van der Waals surface area contributed by atoms with Crippen LogP contribution in [0.5, 0.6) is 0 Å². The molecule has 2 N–H and O–H groups in total. The van der Waals surface area contributed by atoms with E-state index in [4.69, 9.17) is 5.11 Å². The van der Waals surface area contributed by atoms with Crippen LogP contribution in [0.25, 0.3) is 0 Å². The van der Waals surface area contributed by atoms with Gasteiger partial charge in [-0.3, -0.25) is 14.4 Å². The lowest BCUT2D eigenvalue weighted by atomic mass is 10.0. The first-order valence-electron chi connectivity index (χ1n) is 6.95. The molecule has 1 rings (SSSR count). The van der Waals surface area contributed by atoms with Crippen molar-refractivity contribution in [2.45, 2.75) is 47.1 Å². The summed E-state index contributed by atoms with van der Waals surface area (Å²) in [5, 5.41) is 8.94. The number of hydrogen-bond donors (Lipinski definition) is 2. The van der Waals surface area contributed by atoms with Gasteiger partial charge in [0.1, 0.15) is 12.2 Å². The molecule has 1 aromatic rings. The molecule has 0 aliphatic carbocycles. The van der Waals surface area contributed by atoms with Crippen LogP contribution in [0.15, 0.2) is 0 Å². The Morgan fingerprint density at radius 1 is 1.29 bits per heavy atom. The van der Waals surface area contributed by atoms with Crippen molar-refractivity contribution in [3.05, 3.63) is 22.5 Å². The highest BCUT2D eigenvalue weighted by Gasteiger charge is 2.27. The number of nitrogens with one attached hydrogen (secondary N) is 1. The Bertz CT molecular complexity index is 572. The van der Waals surface area contributed by atoms with E-state index in [2.05, 4.69) is 4.98 Å². The molecule has 0 spiro atoms. The third kappa shape index (κ3) is 3.51. The van der Waals surface area contributed by atoms with Gasteiger partial charge >= 0.3 is 5.97 Å². The summed E-state index contributed by atoms with van der Waals surface area (Å²) < 4.78 is 0. The molecule has 0 aliphatic heterocycles. The summed E-state index contributed by atoms with van der Waals surface area (Å²) in [6.45, 7) is 8.21. The molecule has 21 heavy (non-hydrogen) atoms. The van der Waals surface area contributed by atoms with Gasteiger partial charge in [-0.15, -0.1) is 0 Å². The molecule has 1 heterocycles. The van der Waals surface area contributed by atoms with Crippen LogP contribution in [0.1, 0.15) is 59.8 Å². The zero-order valence-electron chi connectivity index (χ0n) is 13.1. The number of aromatic amines is 1. The van der Waals surface area contributed by atoms with E-state index < -0.39 is 5.97 Å². The van der Waals surface area contributed by atoms with Gasteiger partial charge in [0, 0.05) is 17.3 Å². The number of Topliss-reactive ketones (excluding diaryl/α,β-unsaturated/α-hetero) is 1. The van der Waals surface area contributed by atoms with Gasteiger partial charge in [0.2, 0.25) is 0 Å². The summed E-state index contributed by atoms with van der Waals surface area (Å²) in [5.74, 6) is -1.56. The molecule has 0 aliphatic rings. The van der Waals surface area contributed by atoms with Crippen molar-refractivity contribution < 1.29 is 19.5 Å². The van der Waals surface area contributed by atoms with Gasteiger partial charge in [-0.1, -0.05) is 6.92 Å². The van der Waals surface area contributed by atoms with Crippen molar-refractivity contribution >= 4 is 17.7 Å². The molecule has 0 unspecified atom stereocenters. The SMILES string of the molecule is CCc1c(C(=O)N(CC(=O)O)C(C)C)[nH]c(C)c1C(C)=O. The highest BCUT2D eigenvalue weighted by atomic mass is 16.4. The van der Waals surface area contributed by atoms with Crippen LogP contribution in [-0.2, 0) is 11.2 Å². The Morgan fingerprint density at radius 2 is 1.86 bits per heavy atom. The second-order valence-corrected chi connectivity index (χ2v) is 5.31. The second kappa shape index (κ2) is 6.56. The molecule has 0 fully saturated rings. The van der Waals surface area contributed by atoms with Crippen molar-refractivity contribution in [1.82, 2.24) is 9.88 Å². The average molecular weight is 294 g/mol. The Kier molecular flexibility index (Phi) is 5.29. The number of aliphatic carboxylic acids is 1. The summed E-state index contributed by atoms with van der Waals surface area (Å²) >= 11 is 0. The van der Waals surface area contributed by atoms with Crippen LogP contribution in [0.4, 0.5) is 0 Å². The Labute approximate surface area is 124 Å². The summed E-state index contributed by atoms with van der Waals surface area (Å²) in [6.07, 6.45) is 0.527. The lowest BCUT2D eigenvalue weighted by molar-refractivity contribution is -0.138. The lowest BCUT2D eigenvalue weighted by Crippen LogP contribution is -2.41. The number of hydrogen-bond acceptors (Lipinski definition) is 3. The number of carboxylic acid groups (broad SMARTS) is 1. The van der Waals surface area contributed by atoms with Gasteiger partial charge in [-0.2, -0.15) is 0 Å². The molecular weight excluding hydrogens is 272 g/mol. The third-order valence-electron chi connectivity index (χ3n) is 3.40. The standard InChI is InChI=1S/C15H22N2O4/c1-6-11-13(10(5)18)9(4)16-14(11)15(21)17(8(2)3)7-12(19)20/h8,16H,6-7H2,1-5H3,(H,19,20). The minimum atomic E-state index is -1.06. The largest absolute Gasteiger partial charge is 0.480 e. The van der Waals surface area contributed by atoms with E-state index in [1.165, 1.54) is 11.8 Å². The maximum absolute atomic E-state index is 12.6. The number of H-pyrrole nitrogens is 1. The van der Waals surface area contributed by atoms with Crippen molar-refractivity contribution in [1.29, 1.82) is 0 Å². The van der Waals surface area contributed by atoms with Gasteiger partial charge < -0.3 is 15.0 Å². The van der Waals surface area contributed by atoms with E-state index >= 15 is 0 Å². The molecule has 0 atom stereocenters. The Balaban J connectivity index is 3.31. The van der Waals surface area contributed by atoms with E-state index in [0.717, 1.165) is 0 Å². The van der Waals surface area contributed by atoms with E-state index in [0.29, 0.717) is 28.9 Å². The first-order valence-corrected chi connectivity index (χ1v) is 6.95.